The molecule has 0 radical (unpaired) electrons. The summed E-state index contributed by atoms with van der Waals surface area (Å²) in [5.74, 6) is -0.0557. The smallest absolute Gasteiger partial charge is 0.274 e. The van der Waals surface area contributed by atoms with Crippen LogP contribution in [0.1, 0.15) is 27.3 Å². The minimum Gasteiger partial charge on any atom is -0.324 e. The van der Waals surface area contributed by atoms with Crippen molar-refractivity contribution in [1.82, 2.24) is 9.97 Å². The number of para-hydroxylation sites is 1. The number of amides is 1. The van der Waals surface area contributed by atoms with Crippen molar-refractivity contribution in [2.45, 2.75) is 13.8 Å². The van der Waals surface area contributed by atoms with E-state index in [0.29, 0.717) is 22.9 Å². The molecule has 0 aliphatic carbocycles. The second kappa shape index (κ2) is 7.45. The van der Waals surface area contributed by atoms with Gasteiger partial charge in [0.25, 0.3) is 5.91 Å². The first-order chi connectivity index (χ1) is 12.5. The summed E-state index contributed by atoms with van der Waals surface area (Å²) in [6.07, 6.45) is 0. The van der Waals surface area contributed by atoms with Gasteiger partial charge in [0.2, 0.25) is 5.95 Å². The Morgan fingerprint density at radius 2 is 1.85 bits per heavy atom. The van der Waals surface area contributed by atoms with E-state index in [4.69, 9.17) is 5.26 Å². The zero-order valence-corrected chi connectivity index (χ0v) is 14.4. The number of nitrogens with zero attached hydrogens (tertiary/aromatic N) is 3. The maximum absolute atomic E-state index is 12.6. The Hall–Kier alpha value is -3.72. The van der Waals surface area contributed by atoms with Crippen molar-refractivity contribution >= 4 is 23.2 Å². The van der Waals surface area contributed by atoms with Crippen molar-refractivity contribution in [3.63, 3.8) is 0 Å². The van der Waals surface area contributed by atoms with Crippen LogP contribution in [0, 0.1) is 25.2 Å². The number of benzene rings is 2. The lowest BCUT2D eigenvalue weighted by Gasteiger charge is -2.10. The Morgan fingerprint density at radius 1 is 1.04 bits per heavy atom. The number of anilines is 3. The average molecular weight is 343 g/mol. The van der Waals surface area contributed by atoms with Gasteiger partial charge in [-0.25, -0.2) is 9.97 Å². The maximum Gasteiger partial charge on any atom is 0.274 e. The fraction of sp³-hybridized carbons (Fsp3) is 0.100. The molecule has 0 fully saturated rings. The first kappa shape index (κ1) is 17.1. The van der Waals surface area contributed by atoms with Crippen LogP contribution in [0.25, 0.3) is 0 Å². The summed E-state index contributed by atoms with van der Waals surface area (Å²) in [6, 6.07) is 18.3. The lowest BCUT2D eigenvalue weighted by molar-refractivity contribution is 0.102. The number of aromatic nitrogens is 2. The van der Waals surface area contributed by atoms with E-state index in [1.807, 2.05) is 31.2 Å². The lowest BCUT2D eigenvalue weighted by Crippen LogP contribution is -2.16. The summed E-state index contributed by atoms with van der Waals surface area (Å²) in [7, 11) is 0. The van der Waals surface area contributed by atoms with Crippen molar-refractivity contribution in [1.29, 1.82) is 5.26 Å². The molecule has 0 saturated heterocycles. The highest BCUT2D eigenvalue weighted by molar-refractivity contribution is 6.03. The Kier molecular flexibility index (Phi) is 4.90. The predicted molar refractivity (Wildman–Crippen MR) is 100 cm³/mol. The van der Waals surface area contributed by atoms with E-state index in [1.165, 1.54) is 0 Å². The molecule has 2 aromatic carbocycles. The quantitative estimate of drug-likeness (QED) is 0.748. The van der Waals surface area contributed by atoms with Crippen LogP contribution in [0.3, 0.4) is 0 Å². The van der Waals surface area contributed by atoms with E-state index < -0.39 is 5.91 Å². The fourth-order valence-corrected chi connectivity index (χ4v) is 2.47. The normalized spacial score (nSPS) is 10.0. The van der Waals surface area contributed by atoms with Crippen LogP contribution in [0.2, 0.25) is 0 Å². The van der Waals surface area contributed by atoms with Gasteiger partial charge >= 0.3 is 0 Å². The fourth-order valence-electron chi connectivity index (χ4n) is 2.47. The molecule has 0 spiro atoms. The standard InChI is InChI=1S/C20H17N5O/c1-13-6-5-8-16(10-13)23-20-22-14(2)11-18(25-20)19(26)24-17-9-4-3-7-15(17)12-21/h3-11H,1-2H3,(H,24,26)(H,22,23,25). The van der Waals surface area contributed by atoms with Gasteiger partial charge in [-0.1, -0.05) is 24.3 Å². The van der Waals surface area contributed by atoms with Crippen LogP contribution in [-0.2, 0) is 0 Å². The average Bonchev–Trinajstić information content (AvgIpc) is 2.61. The second-order valence-electron chi connectivity index (χ2n) is 5.82. The molecule has 3 rings (SSSR count). The van der Waals surface area contributed by atoms with Crippen LogP contribution >= 0.6 is 0 Å². The van der Waals surface area contributed by atoms with Gasteiger partial charge in [-0.3, -0.25) is 4.79 Å². The first-order valence-corrected chi connectivity index (χ1v) is 8.05. The number of hydrogen-bond acceptors (Lipinski definition) is 5. The van der Waals surface area contributed by atoms with Crippen LogP contribution in [0.15, 0.2) is 54.6 Å². The van der Waals surface area contributed by atoms with E-state index in [2.05, 4.69) is 26.7 Å². The SMILES string of the molecule is Cc1cccc(Nc2nc(C)cc(C(=O)Nc3ccccc3C#N)n2)c1. The first-order valence-electron chi connectivity index (χ1n) is 8.05. The van der Waals surface area contributed by atoms with Crippen molar-refractivity contribution in [3.8, 4) is 6.07 Å². The van der Waals surface area contributed by atoms with Crippen LogP contribution in [0.4, 0.5) is 17.3 Å². The zero-order valence-electron chi connectivity index (χ0n) is 14.4. The molecule has 3 aromatic rings. The number of nitrogens with one attached hydrogen (secondary N) is 2. The molecule has 6 nitrogen and oxygen atoms in total. The Balaban J connectivity index is 1.85. The molecule has 0 aliphatic rings. The number of carbonyl (C=O) groups is 1. The summed E-state index contributed by atoms with van der Waals surface area (Å²) >= 11 is 0. The number of rotatable bonds is 4. The topological polar surface area (TPSA) is 90.7 Å². The molecule has 1 amide bonds. The third-order valence-corrected chi connectivity index (χ3v) is 3.66. The predicted octanol–water partition coefficient (Wildman–Crippen LogP) is 3.96. The Bertz CT molecular complexity index is 1010. The number of carbonyl (C=O) groups excluding carboxylic acids is 1. The van der Waals surface area contributed by atoms with Gasteiger partial charge in [0, 0.05) is 11.4 Å². The maximum atomic E-state index is 12.6. The highest BCUT2D eigenvalue weighted by Crippen LogP contribution is 2.17. The molecule has 6 heteroatoms. The highest BCUT2D eigenvalue weighted by atomic mass is 16.1. The number of nitriles is 1. The Labute approximate surface area is 151 Å². The van der Waals surface area contributed by atoms with Crippen LogP contribution in [-0.4, -0.2) is 15.9 Å². The summed E-state index contributed by atoms with van der Waals surface area (Å²) in [5.41, 5.74) is 3.67. The van der Waals surface area contributed by atoms with E-state index in [0.717, 1.165) is 11.3 Å². The number of hydrogen-bond donors (Lipinski definition) is 2. The molecule has 1 heterocycles. The second-order valence-corrected chi connectivity index (χ2v) is 5.82. The van der Waals surface area contributed by atoms with Crippen molar-refractivity contribution in [2.24, 2.45) is 0 Å². The van der Waals surface area contributed by atoms with Gasteiger partial charge in [-0.2, -0.15) is 5.26 Å². The van der Waals surface area contributed by atoms with Gasteiger partial charge in [0.1, 0.15) is 11.8 Å². The van der Waals surface area contributed by atoms with Gasteiger partial charge in [-0.15, -0.1) is 0 Å². The molecule has 1 aromatic heterocycles. The highest BCUT2D eigenvalue weighted by Gasteiger charge is 2.13. The van der Waals surface area contributed by atoms with E-state index in [9.17, 15) is 4.79 Å². The third-order valence-electron chi connectivity index (χ3n) is 3.66. The zero-order chi connectivity index (χ0) is 18.5. The van der Waals surface area contributed by atoms with Gasteiger partial charge in [0.05, 0.1) is 11.3 Å². The largest absolute Gasteiger partial charge is 0.324 e. The molecule has 0 saturated carbocycles. The minimum atomic E-state index is -0.398. The molecule has 128 valence electrons. The third kappa shape index (κ3) is 4.02. The monoisotopic (exact) mass is 343 g/mol. The van der Waals surface area contributed by atoms with Gasteiger partial charge in [-0.05, 0) is 49.7 Å². The Morgan fingerprint density at radius 3 is 2.62 bits per heavy atom. The molecule has 2 N–H and O–H groups in total. The summed E-state index contributed by atoms with van der Waals surface area (Å²) in [4.78, 5) is 21.2. The number of aryl methyl sites for hydroxylation is 2. The molecular weight excluding hydrogens is 326 g/mol. The molecule has 0 aliphatic heterocycles. The van der Waals surface area contributed by atoms with Crippen molar-refractivity contribution in [3.05, 3.63) is 77.1 Å². The van der Waals surface area contributed by atoms with Crippen molar-refractivity contribution < 1.29 is 4.79 Å². The van der Waals surface area contributed by atoms with E-state index >= 15 is 0 Å². The minimum absolute atomic E-state index is 0.223. The van der Waals surface area contributed by atoms with Crippen molar-refractivity contribution in [2.75, 3.05) is 10.6 Å². The molecule has 0 atom stereocenters. The molecule has 26 heavy (non-hydrogen) atoms. The summed E-state index contributed by atoms with van der Waals surface area (Å²) < 4.78 is 0. The van der Waals surface area contributed by atoms with Gasteiger partial charge < -0.3 is 10.6 Å². The molecule has 0 bridgehead atoms. The molecular formula is C20H17N5O. The van der Waals surface area contributed by atoms with Crippen LogP contribution < -0.4 is 10.6 Å². The van der Waals surface area contributed by atoms with Gasteiger partial charge in [0.15, 0.2) is 0 Å². The molecule has 0 unspecified atom stereocenters. The summed E-state index contributed by atoms with van der Waals surface area (Å²) in [5, 5.41) is 15.0. The lowest BCUT2D eigenvalue weighted by atomic mass is 10.2. The summed E-state index contributed by atoms with van der Waals surface area (Å²) in [6.45, 7) is 3.79. The van der Waals surface area contributed by atoms with E-state index in [-0.39, 0.29) is 5.69 Å². The van der Waals surface area contributed by atoms with Crippen LogP contribution in [0.5, 0.6) is 0 Å². The van der Waals surface area contributed by atoms with E-state index in [1.54, 1.807) is 37.3 Å².